The number of hydrogen-bond acceptors (Lipinski definition) is 2. The second-order valence-corrected chi connectivity index (χ2v) is 6.89. The molecule has 3 fully saturated rings. The Hall–Kier alpha value is -0.570. The summed E-state index contributed by atoms with van der Waals surface area (Å²) in [5.74, 6) is 1.17. The molecule has 1 aliphatic heterocycles. The van der Waals surface area contributed by atoms with E-state index in [9.17, 15) is 5.21 Å². The lowest BCUT2D eigenvalue weighted by atomic mass is 9.67. The first-order chi connectivity index (χ1) is 8.74. The molecule has 18 heavy (non-hydrogen) atoms. The van der Waals surface area contributed by atoms with E-state index in [0.29, 0.717) is 11.8 Å². The quantitative estimate of drug-likeness (QED) is 0.434. The number of quaternary nitrogens is 1. The van der Waals surface area contributed by atoms with Gasteiger partial charge in [0, 0.05) is 12.3 Å². The zero-order valence-electron chi connectivity index (χ0n) is 11.6. The second kappa shape index (κ2) is 4.84. The molecule has 0 amide bonds. The average Bonchev–Trinajstić information content (AvgIpc) is 2.38. The van der Waals surface area contributed by atoms with E-state index in [0.717, 1.165) is 11.8 Å². The van der Waals surface area contributed by atoms with Gasteiger partial charge in [0.2, 0.25) is 0 Å². The lowest BCUT2D eigenvalue weighted by Gasteiger charge is -2.51. The van der Waals surface area contributed by atoms with Crippen LogP contribution in [-0.4, -0.2) is 41.6 Å². The molecule has 1 saturated heterocycles. The molecule has 1 heterocycles. The largest absolute Gasteiger partial charge is 0.411 e. The van der Waals surface area contributed by atoms with Gasteiger partial charge in [-0.1, -0.05) is 11.6 Å². The highest BCUT2D eigenvalue weighted by Gasteiger charge is 2.48. The molecule has 3 aliphatic rings. The van der Waals surface area contributed by atoms with E-state index in [4.69, 9.17) is 0 Å². The Morgan fingerprint density at radius 3 is 2.50 bits per heavy atom. The number of hydrogen-bond donors (Lipinski definition) is 1. The van der Waals surface area contributed by atoms with Crippen molar-refractivity contribution in [2.45, 2.75) is 57.4 Å². The van der Waals surface area contributed by atoms with Crippen molar-refractivity contribution in [2.75, 3.05) is 20.1 Å². The number of piperidine rings is 1. The smallest absolute Gasteiger partial charge is 0.0971 e. The predicted octanol–water partition coefficient (Wildman–Crippen LogP) is 3.03. The van der Waals surface area contributed by atoms with Crippen LogP contribution in [0.4, 0.5) is 0 Å². The van der Waals surface area contributed by atoms with Crippen molar-refractivity contribution in [2.24, 2.45) is 17.0 Å². The van der Waals surface area contributed by atoms with E-state index in [1.54, 1.807) is 0 Å². The molecule has 2 aliphatic carbocycles. The Labute approximate surface area is 110 Å². The predicted molar refractivity (Wildman–Crippen MR) is 72.8 cm³/mol. The minimum atomic E-state index is 0.575. The van der Waals surface area contributed by atoms with Crippen molar-refractivity contribution in [1.29, 1.82) is 0 Å². The molecule has 0 aromatic rings. The maximum atomic E-state index is 9.38. The van der Waals surface area contributed by atoms with Gasteiger partial charge in [-0.15, -0.1) is 0 Å². The van der Waals surface area contributed by atoms with Crippen molar-refractivity contribution in [3.63, 3.8) is 0 Å². The van der Waals surface area contributed by atoms with E-state index >= 15 is 0 Å². The van der Waals surface area contributed by atoms with Gasteiger partial charge >= 0.3 is 0 Å². The molecule has 2 saturated carbocycles. The molecule has 3 nitrogen and oxygen atoms in total. The zero-order valence-corrected chi connectivity index (χ0v) is 11.6. The Bertz CT molecular complexity index is 333. The summed E-state index contributed by atoms with van der Waals surface area (Å²) in [6.45, 7) is 2.68. The first-order valence-corrected chi connectivity index (χ1v) is 7.81. The normalized spacial score (nSPS) is 41.8. The van der Waals surface area contributed by atoms with Gasteiger partial charge in [-0.3, -0.25) is 0 Å². The third-order valence-electron chi connectivity index (χ3n) is 5.90. The molecule has 0 unspecified atom stereocenters. The summed E-state index contributed by atoms with van der Waals surface area (Å²) in [5, 5.41) is 13.1. The highest BCUT2D eigenvalue weighted by molar-refractivity contribution is 5.90. The number of oxime groups is 1. The van der Waals surface area contributed by atoms with Crippen LogP contribution >= 0.6 is 0 Å². The van der Waals surface area contributed by atoms with Crippen molar-refractivity contribution in [3.8, 4) is 0 Å². The van der Waals surface area contributed by atoms with Crippen LogP contribution in [0, 0.1) is 11.8 Å². The fourth-order valence-electron chi connectivity index (χ4n) is 4.91. The molecule has 1 N–H and O–H groups in total. The third-order valence-corrected chi connectivity index (χ3v) is 5.90. The van der Waals surface area contributed by atoms with Crippen molar-refractivity contribution in [1.82, 2.24) is 0 Å². The summed E-state index contributed by atoms with van der Waals surface area (Å²) in [4.78, 5) is 0. The highest BCUT2D eigenvalue weighted by atomic mass is 16.4. The minimum Gasteiger partial charge on any atom is -0.411 e. The van der Waals surface area contributed by atoms with E-state index in [1.807, 2.05) is 0 Å². The van der Waals surface area contributed by atoms with E-state index in [2.05, 4.69) is 12.2 Å². The van der Waals surface area contributed by atoms with Gasteiger partial charge in [-0.05, 0) is 38.5 Å². The average molecular weight is 251 g/mol. The first kappa shape index (κ1) is 12.5. The Kier molecular flexibility index (Phi) is 3.35. The van der Waals surface area contributed by atoms with Crippen molar-refractivity contribution >= 4 is 5.71 Å². The summed E-state index contributed by atoms with van der Waals surface area (Å²) < 4.78 is 1.25. The van der Waals surface area contributed by atoms with Gasteiger partial charge < -0.3 is 9.69 Å². The SMILES string of the molecule is C[N+]1([C@H]2CC[C@H]3CCC[C@H]2/C3=N/O)CCCCC1. The minimum absolute atomic E-state index is 0.575. The van der Waals surface area contributed by atoms with Crippen LogP contribution in [0.15, 0.2) is 5.16 Å². The van der Waals surface area contributed by atoms with Gasteiger partial charge in [-0.25, -0.2) is 0 Å². The van der Waals surface area contributed by atoms with E-state index < -0.39 is 0 Å². The molecule has 3 rings (SSSR count). The van der Waals surface area contributed by atoms with E-state index in [-0.39, 0.29) is 0 Å². The topological polar surface area (TPSA) is 32.6 Å². The summed E-state index contributed by atoms with van der Waals surface area (Å²) in [6, 6.07) is 0.729. The third kappa shape index (κ3) is 1.97. The number of likely N-dealkylation sites (tertiary alicyclic amines) is 1. The molecule has 2 bridgehead atoms. The van der Waals surface area contributed by atoms with Crippen LogP contribution in [-0.2, 0) is 0 Å². The lowest BCUT2D eigenvalue weighted by molar-refractivity contribution is -0.941. The monoisotopic (exact) mass is 251 g/mol. The Balaban J connectivity index is 1.83. The molecular weight excluding hydrogens is 224 g/mol. The van der Waals surface area contributed by atoms with Crippen LogP contribution in [0.1, 0.15) is 51.4 Å². The molecule has 3 heteroatoms. The maximum absolute atomic E-state index is 9.38. The van der Waals surface area contributed by atoms with Crippen LogP contribution in [0.5, 0.6) is 0 Å². The molecule has 102 valence electrons. The van der Waals surface area contributed by atoms with Crippen LogP contribution < -0.4 is 0 Å². The fraction of sp³-hybridized carbons (Fsp3) is 0.933. The number of fused-ring (bicyclic) bond motifs is 2. The summed E-state index contributed by atoms with van der Waals surface area (Å²) in [7, 11) is 2.45. The molecule has 0 spiro atoms. The Morgan fingerprint density at radius 2 is 1.78 bits per heavy atom. The maximum Gasteiger partial charge on any atom is 0.0971 e. The van der Waals surface area contributed by atoms with Crippen LogP contribution in [0.2, 0.25) is 0 Å². The van der Waals surface area contributed by atoms with Gasteiger partial charge in [0.1, 0.15) is 0 Å². The van der Waals surface area contributed by atoms with Crippen molar-refractivity contribution < 1.29 is 9.69 Å². The van der Waals surface area contributed by atoms with Gasteiger partial charge in [-0.2, -0.15) is 0 Å². The Morgan fingerprint density at radius 1 is 1.00 bits per heavy atom. The van der Waals surface area contributed by atoms with E-state index in [1.165, 1.54) is 68.9 Å². The molecule has 3 atom stereocenters. The summed E-state index contributed by atoms with van der Waals surface area (Å²) in [5.41, 5.74) is 1.16. The van der Waals surface area contributed by atoms with Crippen molar-refractivity contribution in [3.05, 3.63) is 0 Å². The second-order valence-electron chi connectivity index (χ2n) is 6.89. The summed E-state index contributed by atoms with van der Waals surface area (Å²) >= 11 is 0. The van der Waals surface area contributed by atoms with Gasteiger partial charge in [0.15, 0.2) is 0 Å². The van der Waals surface area contributed by atoms with Gasteiger partial charge in [0.25, 0.3) is 0 Å². The number of nitrogens with zero attached hydrogens (tertiary/aromatic N) is 2. The lowest BCUT2D eigenvalue weighted by Crippen LogP contribution is -2.61. The van der Waals surface area contributed by atoms with Crippen LogP contribution in [0.25, 0.3) is 0 Å². The molecule has 0 aromatic carbocycles. The first-order valence-electron chi connectivity index (χ1n) is 7.81. The molecule has 0 aromatic heterocycles. The highest BCUT2D eigenvalue weighted by Crippen LogP contribution is 2.42. The molecular formula is C15H27N2O+. The van der Waals surface area contributed by atoms with Crippen LogP contribution in [0.3, 0.4) is 0 Å². The summed E-state index contributed by atoms with van der Waals surface area (Å²) in [6.07, 6.45) is 10.6. The standard InChI is InChI=1S/C15H26N2O/c1-17(10-3-2-4-11-17)14-9-8-12-6-5-7-13(14)15(12)16-18/h12-14H,2-11H2,1H3/p+1/b16-15+/t12-,13-,14+/m1/s1. The zero-order chi connectivity index (χ0) is 12.6. The number of rotatable bonds is 1. The van der Waals surface area contributed by atoms with Gasteiger partial charge in [0.05, 0.1) is 37.8 Å². The fourth-order valence-corrected chi connectivity index (χ4v) is 4.91. The molecule has 0 radical (unpaired) electrons.